The number of carbonyl (C=O) groups is 2. The molecular formula is C21H22N2O2. The lowest BCUT2D eigenvalue weighted by molar-refractivity contribution is -0.122. The molecule has 1 aromatic carbocycles. The highest BCUT2D eigenvalue weighted by Gasteiger charge is 2.49. The molecule has 3 atom stereocenters. The molecule has 0 N–H and O–H groups in total. The zero-order valence-electron chi connectivity index (χ0n) is 14.4. The summed E-state index contributed by atoms with van der Waals surface area (Å²) in [7, 11) is 0. The van der Waals surface area contributed by atoms with E-state index >= 15 is 0 Å². The molecule has 1 saturated heterocycles. The maximum atomic E-state index is 12.8. The molecule has 25 heavy (non-hydrogen) atoms. The molecule has 4 heteroatoms. The Labute approximate surface area is 147 Å². The van der Waals surface area contributed by atoms with E-state index in [9.17, 15) is 9.59 Å². The number of fused-ring (bicyclic) bond motifs is 1. The lowest BCUT2D eigenvalue weighted by atomic mass is 9.76. The van der Waals surface area contributed by atoms with Gasteiger partial charge in [-0.2, -0.15) is 0 Å². The van der Waals surface area contributed by atoms with E-state index in [-0.39, 0.29) is 23.7 Å². The molecule has 128 valence electrons. The second kappa shape index (κ2) is 6.43. The number of hydrogen-bond acceptors (Lipinski definition) is 3. The topological polar surface area (TPSA) is 50.3 Å². The lowest BCUT2D eigenvalue weighted by Crippen LogP contribution is -2.30. The van der Waals surface area contributed by atoms with E-state index in [0.29, 0.717) is 11.6 Å². The van der Waals surface area contributed by atoms with Gasteiger partial charge in [-0.05, 0) is 67.0 Å². The Kier molecular flexibility index (Phi) is 4.12. The summed E-state index contributed by atoms with van der Waals surface area (Å²) in [5, 5.41) is 0. The molecule has 1 aliphatic carbocycles. The van der Waals surface area contributed by atoms with Gasteiger partial charge in [-0.25, -0.2) is 0 Å². The van der Waals surface area contributed by atoms with Crippen LogP contribution >= 0.6 is 0 Å². The fraction of sp³-hybridized carbons (Fsp3) is 0.381. The number of rotatable bonds is 3. The van der Waals surface area contributed by atoms with E-state index < -0.39 is 0 Å². The van der Waals surface area contributed by atoms with Crippen LogP contribution in [0, 0.1) is 17.8 Å². The number of benzene rings is 1. The number of hydrogen-bond donors (Lipinski definition) is 0. The lowest BCUT2D eigenvalue weighted by Gasteiger charge is -2.25. The number of amides is 2. The van der Waals surface area contributed by atoms with Gasteiger partial charge >= 0.3 is 0 Å². The molecule has 1 aromatic heterocycles. The first-order chi connectivity index (χ1) is 12.1. The monoisotopic (exact) mass is 334 g/mol. The molecule has 2 amide bonds. The first-order valence-electron chi connectivity index (χ1n) is 8.99. The van der Waals surface area contributed by atoms with Gasteiger partial charge in [0.05, 0.1) is 17.5 Å². The third-order valence-electron chi connectivity index (χ3n) is 5.54. The molecule has 0 radical (unpaired) electrons. The van der Waals surface area contributed by atoms with E-state index in [1.807, 2.05) is 36.4 Å². The summed E-state index contributed by atoms with van der Waals surface area (Å²) < 4.78 is 0. The predicted molar refractivity (Wildman–Crippen MR) is 96.0 cm³/mol. The molecule has 2 aliphatic rings. The largest absolute Gasteiger partial charge is 0.274 e. The quantitative estimate of drug-likeness (QED) is 0.806. The summed E-state index contributed by atoms with van der Waals surface area (Å²) >= 11 is 0. The Hall–Kier alpha value is -2.49. The summed E-state index contributed by atoms with van der Waals surface area (Å²) in [4.78, 5) is 31.0. The highest BCUT2D eigenvalue weighted by molar-refractivity contribution is 6.22. The Morgan fingerprint density at radius 3 is 2.28 bits per heavy atom. The van der Waals surface area contributed by atoms with Crippen LogP contribution in [0.2, 0.25) is 0 Å². The van der Waals surface area contributed by atoms with E-state index in [0.717, 1.165) is 31.2 Å². The Morgan fingerprint density at radius 1 is 0.920 bits per heavy atom. The minimum Gasteiger partial charge on any atom is -0.274 e. The van der Waals surface area contributed by atoms with E-state index in [1.165, 1.54) is 10.5 Å². The smallest absolute Gasteiger partial charge is 0.237 e. The molecule has 4 nitrogen and oxygen atoms in total. The molecule has 0 spiro atoms. The van der Waals surface area contributed by atoms with Crippen LogP contribution in [0.3, 0.4) is 0 Å². The number of aromatic nitrogens is 1. The zero-order valence-corrected chi connectivity index (χ0v) is 14.4. The van der Waals surface area contributed by atoms with Crippen LogP contribution in [-0.2, 0) is 16.0 Å². The van der Waals surface area contributed by atoms with E-state index in [2.05, 4.69) is 11.9 Å². The predicted octanol–water partition coefficient (Wildman–Crippen LogP) is 3.60. The number of anilines is 1. The van der Waals surface area contributed by atoms with E-state index in [4.69, 9.17) is 0 Å². The van der Waals surface area contributed by atoms with Gasteiger partial charge in [-0.15, -0.1) is 0 Å². The number of pyridine rings is 1. The van der Waals surface area contributed by atoms with Gasteiger partial charge in [0.15, 0.2) is 0 Å². The summed E-state index contributed by atoms with van der Waals surface area (Å²) in [6.45, 7) is 2.17. The van der Waals surface area contributed by atoms with Crippen molar-refractivity contribution in [2.24, 2.45) is 17.8 Å². The summed E-state index contributed by atoms with van der Waals surface area (Å²) in [5.41, 5.74) is 3.05. The fourth-order valence-corrected chi connectivity index (χ4v) is 4.14. The van der Waals surface area contributed by atoms with Gasteiger partial charge in [0.2, 0.25) is 11.8 Å². The van der Waals surface area contributed by atoms with E-state index in [1.54, 1.807) is 12.4 Å². The Balaban J connectivity index is 1.54. The Morgan fingerprint density at radius 2 is 1.56 bits per heavy atom. The van der Waals surface area contributed by atoms with Crippen molar-refractivity contribution in [2.75, 3.05) is 4.90 Å². The van der Waals surface area contributed by atoms with Crippen LogP contribution in [0.5, 0.6) is 0 Å². The average Bonchev–Trinajstić information content (AvgIpc) is 2.87. The highest BCUT2D eigenvalue weighted by atomic mass is 16.2. The van der Waals surface area contributed by atoms with Crippen LogP contribution in [0.4, 0.5) is 5.69 Å². The van der Waals surface area contributed by atoms with Gasteiger partial charge in [0.1, 0.15) is 0 Å². The normalized spacial score (nSPS) is 26.0. The van der Waals surface area contributed by atoms with Crippen molar-refractivity contribution in [2.45, 2.75) is 32.6 Å². The molecule has 0 unspecified atom stereocenters. The third-order valence-corrected chi connectivity index (χ3v) is 5.54. The molecule has 0 bridgehead atoms. The van der Waals surface area contributed by atoms with Crippen LogP contribution in [0.15, 0.2) is 48.8 Å². The summed E-state index contributed by atoms with van der Waals surface area (Å²) in [6, 6.07) is 11.8. The molecule has 1 saturated carbocycles. The molecule has 2 heterocycles. The van der Waals surface area contributed by atoms with Crippen molar-refractivity contribution in [1.82, 2.24) is 4.98 Å². The standard InChI is InChI=1S/C21H22N2O2/c1-14-2-7-18-19(12-14)21(25)23(20(18)24)17-5-3-15(4-6-17)13-16-8-10-22-11-9-16/h3-6,8-11,14,18-19H,2,7,12-13H2,1H3/t14-,18-,19+/m1/s1. The first kappa shape index (κ1) is 16.0. The van der Waals surface area contributed by atoms with Crippen molar-refractivity contribution in [3.8, 4) is 0 Å². The van der Waals surface area contributed by atoms with Crippen LogP contribution in [0.25, 0.3) is 0 Å². The van der Waals surface area contributed by atoms with Gasteiger partial charge in [0, 0.05) is 12.4 Å². The van der Waals surface area contributed by atoms with Crippen molar-refractivity contribution < 1.29 is 9.59 Å². The zero-order chi connectivity index (χ0) is 17.4. The second-order valence-corrected chi connectivity index (χ2v) is 7.34. The molecule has 2 aromatic rings. The highest BCUT2D eigenvalue weighted by Crippen LogP contribution is 2.42. The van der Waals surface area contributed by atoms with Crippen LogP contribution < -0.4 is 4.90 Å². The SMILES string of the molecule is C[C@@H]1CC[C@H]2C(=O)N(c3ccc(Cc4ccncc4)cc3)C(=O)[C@H]2C1. The van der Waals surface area contributed by atoms with Gasteiger partial charge in [-0.3, -0.25) is 19.5 Å². The molecular weight excluding hydrogens is 312 g/mol. The first-order valence-corrected chi connectivity index (χ1v) is 8.99. The summed E-state index contributed by atoms with van der Waals surface area (Å²) in [5.74, 6) is 0.279. The van der Waals surface area contributed by atoms with Crippen molar-refractivity contribution >= 4 is 17.5 Å². The fourth-order valence-electron chi connectivity index (χ4n) is 4.14. The van der Waals surface area contributed by atoms with Crippen LogP contribution in [0.1, 0.15) is 37.3 Å². The van der Waals surface area contributed by atoms with Crippen molar-refractivity contribution in [3.63, 3.8) is 0 Å². The van der Waals surface area contributed by atoms with Gasteiger partial charge in [0.25, 0.3) is 0 Å². The second-order valence-electron chi connectivity index (χ2n) is 7.34. The molecule has 2 fully saturated rings. The maximum Gasteiger partial charge on any atom is 0.237 e. The average molecular weight is 334 g/mol. The van der Waals surface area contributed by atoms with Crippen molar-refractivity contribution in [1.29, 1.82) is 0 Å². The minimum atomic E-state index is -0.118. The third kappa shape index (κ3) is 2.97. The molecule has 1 aliphatic heterocycles. The van der Waals surface area contributed by atoms with Gasteiger partial charge in [-0.1, -0.05) is 19.1 Å². The minimum absolute atomic E-state index is 0.0104. The van der Waals surface area contributed by atoms with Crippen molar-refractivity contribution in [3.05, 3.63) is 59.9 Å². The molecule has 4 rings (SSSR count). The number of nitrogens with zero attached hydrogens (tertiary/aromatic N) is 2. The maximum absolute atomic E-state index is 12.8. The Bertz CT molecular complexity index is 785. The van der Waals surface area contributed by atoms with Crippen LogP contribution in [-0.4, -0.2) is 16.8 Å². The number of imide groups is 1. The number of carbonyl (C=O) groups excluding carboxylic acids is 2. The summed E-state index contributed by atoms with van der Waals surface area (Å²) in [6.07, 6.45) is 7.10. The van der Waals surface area contributed by atoms with Gasteiger partial charge < -0.3 is 0 Å².